The molecular weight excluding hydrogens is 186 g/mol. The molecule has 1 aliphatic rings. The molecule has 0 spiro atoms. The van der Waals surface area contributed by atoms with Crippen LogP contribution in [0.3, 0.4) is 0 Å². The average molecular weight is 201 g/mol. The summed E-state index contributed by atoms with van der Waals surface area (Å²) in [4.78, 5) is 13.4. The van der Waals surface area contributed by atoms with Crippen molar-refractivity contribution in [2.45, 2.75) is 25.8 Å². The van der Waals surface area contributed by atoms with Crippen molar-refractivity contribution < 1.29 is 4.79 Å². The number of hydrogen-bond donors (Lipinski definition) is 2. The van der Waals surface area contributed by atoms with Crippen LogP contribution in [0.2, 0.25) is 0 Å². The van der Waals surface area contributed by atoms with Gasteiger partial charge >= 0.3 is 6.03 Å². The zero-order valence-corrected chi connectivity index (χ0v) is 8.56. The summed E-state index contributed by atoms with van der Waals surface area (Å²) in [6.07, 6.45) is 2.19. The highest BCUT2D eigenvalue weighted by Crippen LogP contribution is 2.18. The number of rotatable bonds is 4. The molecule has 3 N–H and O–H groups in total. The van der Waals surface area contributed by atoms with Gasteiger partial charge < -0.3 is 16.0 Å². The quantitative estimate of drug-likeness (QED) is 0.650. The lowest BCUT2D eigenvalue weighted by Crippen LogP contribution is -2.44. The fourth-order valence-corrected chi connectivity index (χ4v) is 1.16. The Morgan fingerprint density at radius 3 is 2.69 bits per heavy atom. The molecule has 0 aromatic heterocycles. The summed E-state index contributed by atoms with van der Waals surface area (Å²) in [6.45, 7) is 2.91. The molecule has 0 atom stereocenters. The van der Waals surface area contributed by atoms with E-state index in [4.69, 9.17) is 18.0 Å². The molecular formula is C8H15N3OS. The van der Waals surface area contributed by atoms with E-state index >= 15 is 0 Å². The Kier molecular flexibility index (Phi) is 3.48. The van der Waals surface area contributed by atoms with Crippen molar-refractivity contribution in [3.8, 4) is 0 Å². The van der Waals surface area contributed by atoms with Gasteiger partial charge in [0.25, 0.3) is 0 Å². The molecule has 1 rings (SSSR count). The van der Waals surface area contributed by atoms with Crippen molar-refractivity contribution in [2.24, 2.45) is 5.73 Å². The van der Waals surface area contributed by atoms with E-state index in [9.17, 15) is 4.79 Å². The van der Waals surface area contributed by atoms with Crippen LogP contribution >= 0.6 is 12.2 Å². The molecule has 0 aliphatic heterocycles. The van der Waals surface area contributed by atoms with Crippen LogP contribution in [0.25, 0.3) is 0 Å². The molecule has 74 valence electrons. The summed E-state index contributed by atoms with van der Waals surface area (Å²) in [5, 5.41) is 2.88. The van der Waals surface area contributed by atoms with Gasteiger partial charge in [0.15, 0.2) is 0 Å². The first kappa shape index (κ1) is 10.2. The molecule has 0 bridgehead atoms. The summed E-state index contributed by atoms with van der Waals surface area (Å²) in [7, 11) is 0. The van der Waals surface area contributed by atoms with Crippen LogP contribution in [0, 0.1) is 0 Å². The second-order valence-corrected chi connectivity index (χ2v) is 3.73. The van der Waals surface area contributed by atoms with Gasteiger partial charge in [-0.25, -0.2) is 4.79 Å². The maximum Gasteiger partial charge on any atom is 0.317 e. The molecule has 2 amide bonds. The Morgan fingerprint density at radius 2 is 2.31 bits per heavy atom. The minimum atomic E-state index is -0.0576. The van der Waals surface area contributed by atoms with E-state index in [2.05, 4.69) is 5.32 Å². The number of nitrogens with one attached hydrogen (secondary N) is 1. The van der Waals surface area contributed by atoms with Crippen LogP contribution in [-0.2, 0) is 0 Å². The number of amides is 2. The monoisotopic (exact) mass is 201 g/mol. The SMILES string of the molecule is CCN(CC(N)=S)C(=O)NC1CC1. The fourth-order valence-electron chi connectivity index (χ4n) is 1.01. The summed E-state index contributed by atoms with van der Waals surface area (Å²) >= 11 is 4.74. The number of carbonyl (C=O) groups is 1. The zero-order chi connectivity index (χ0) is 9.84. The Bertz CT molecular complexity index is 215. The van der Waals surface area contributed by atoms with Crippen molar-refractivity contribution in [3.63, 3.8) is 0 Å². The third-order valence-electron chi connectivity index (χ3n) is 1.92. The smallest absolute Gasteiger partial charge is 0.317 e. The van der Waals surface area contributed by atoms with E-state index in [1.807, 2.05) is 6.92 Å². The Hall–Kier alpha value is -0.840. The van der Waals surface area contributed by atoms with Gasteiger partial charge in [0.05, 0.1) is 11.5 Å². The highest BCUT2D eigenvalue weighted by atomic mass is 32.1. The van der Waals surface area contributed by atoms with Crippen molar-refractivity contribution >= 4 is 23.2 Å². The maximum atomic E-state index is 11.5. The van der Waals surface area contributed by atoms with E-state index in [-0.39, 0.29) is 6.03 Å². The number of nitrogens with zero attached hydrogens (tertiary/aromatic N) is 1. The molecule has 4 nitrogen and oxygen atoms in total. The molecule has 1 saturated carbocycles. The number of likely N-dealkylation sites (N-methyl/N-ethyl adjacent to an activating group) is 1. The molecule has 0 radical (unpaired) electrons. The third kappa shape index (κ3) is 3.59. The first-order valence-corrected chi connectivity index (χ1v) is 4.88. The van der Waals surface area contributed by atoms with Crippen LogP contribution in [0.5, 0.6) is 0 Å². The van der Waals surface area contributed by atoms with Crippen LogP contribution in [0.15, 0.2) is 0 Å². The van der Waals surface area contributed by atoms with E-state index < -0.39 is 0 Å². The van der Waals surface area contributed by atoms with Gasteiger partial charge in [-0.05, 0) is 19.8 Å². The highest BCUT2D eigenvalue weighted by molar-refractivity contribution is 7.80. The number of hydrogen-bond acceptors (Lipinski definition) is 2. The number of nitrogens with two attached hydrogens (primary N) is 1. The number of thiocarbonyl (C=S) groups is 1. The molecule has 0 aromatic rings. The molecule has 0 aromatic carbocycles. The lowest BCUT2D eigenvalue weighted by Gasteiger charge is -2.20. The van der Waals surface area contributed by atoms with E-state index in [0.29, 0.717) is 24.1 Å². The lowest BCUT2D eigenvalue weighted by atomic mass is 10.5. The van der Waals surface area contributed by atoms with Gasteiger partial charge in [0.1, 0.15) is 0 Å². The van der Waals surface area contributed by atoms with Gasteiger partial charge in [-0.2, -0.15) is 0 Å². The third-order valence-corrected chi connectivity index (χ3v) is 2.05. The van der Waals surface area contributed by atoms with Gasteiger partial charge in [-0.15, -0.1) is 0 Å². The van der Waals surface area contributed by atoms with E-state index in [1.165, 1.54) is 0 Å². The normalized spacial score (nSPS) is 15.2. The zero-order valence-electron chi connectivity index (χ0n) is 7.75. The van der Waals surface area contributed by atoms with E-state index in [0.717, 1.165) is 12.8 Å². The van der Waals surface area contributed by atoms with Crippen LogP contribution in [0.4, 0.5) is 4.79 Å². The molecule has 13 heavy (non-hydrogen) atoms. The van der Waals surface area contributed by atoms with Crippen LogP contribution in [0.1, 0.15) is 19.8 Å². The Balaban J connectivity index is 2.34. The second kappa shape index (κ2) is 4.41. The molecule has 0 heterocycles. The molecule has 0 saturated heterocycles. The Labute approximate surface area is 83.5 Å². The molecule has 5 heteroatoms. The summed E-state index contributed by atoms with van der Waals surface area (Å²) < 4.78 is 0. The second-order valence-electron chi connectivity index (χ2n) is 3.20. The highest BCUT2D eigenvalue weighted by Gasteiger charge is 2.25. The minimum absolute atomic E-state index is 0.0576. The van der Waals surface area contributed by atoms with Crippen molar-refractivity contribution in [3.05, 3.63) is 0 Å². The van der Waals surface area contributed by atoms with E-state index in [1.54, 1.807) is 4.90 Å². The first-order valence-electron chi connectivity index (χ1n) is 4.47. The first-order chi connectivity index (χ1) is 6.13. The number of carbonyl (C=O) groups excluding carboxylic acids is 1. The summed E-state index contributed by atoms with van der Waals surface area (Å²) in [5.74, 6) is 0. The molecule has 0 unspecified atom stereocenters. The summed E-state index contributed by atoms with van der Waals surface area (Å²) in [5.41, 5.74) is 5.36. The largest absolute Gasteiger partial charge is 0.392 e. The molecule has 1 fully saturated rings. The van der Waals surface area contributed by atoms with Crippen LogP contribution in [-0.4, -0.2) is 35.1 Å². The number of urea groups is 1. The standard InChI is InChI=1S/C8H15N3OS/c1-2-11(5-7(9)13)8(12)10-6-3-4-6/h6H,2-5H2,1H3,(H2,9,13)(H,10,12). The predicted molar refractivity (Wildman–Crippen MR) is 55.6 cm³/mol. The van der Waals surface area contributed by atoms with Gasteiger partial charge in [-0.3, -0.25) is 0 Å². The predicted octanol–water partition coefficient (Wildman–Crippen LogP) is 0.466. The molecule has 1 aliphatic carbocycles. The van der Waals surface area contributed by atoms with Gasteiger partial charge in [-0.1, -0.05) is 12.2 Å². The maximum absolute atomic E-state index is 11.5. The van der Waals surface area contributed by atoms with Crippen LogP contribution < -0.4 is 11.1 Å². The average Bonchev–Trinajstić information content (AvgIpc) is 2.83. The van der Waals surface area contributed by atoms with Crippen molar-refractivity contribution in [1.82, 2.24) is 10.2 Å². The lowest BCUT2D eigenvalue weighted by molar-refractivity contribution is 0.207. The minimum Gasteiger partial charge on any atom is -0.392 e. The van der Waals surface area contributed by atoms with Gasteiger partial charge in [0, 0.05) is 12.6 Å². The summed E-state index contributed by atoms with van der Waals surface area (Å²) in [6, 6.07) is 0.325. The Morgan fingerprint density at radius 1 is 1.69 bits per heavy atom. The van der Waals surface area contributed by atoms with Crippen molar-refractivity contribution in [2.75, 3.05) is 13.1 Å². The van der Waals surface area contributed by atoms with Crippen molar-refractivity contribution in [1.29, 1.82) is 0 Å². The fraction of sp³-hybridized carbons (Fsp3) is 0.750. The van der Waals surface area contributed by atoms with Gasteiger partial charge in [0.2, 0.25) is 0 Å². The topological polar surface area (TPSA) is 58.4 Å².